The highest BCUT2D eigenvalue weighted by Crippen LogP contribution is 2.56. The van der Waals surface area contributed by atoms with E-state index in [1.165, 1.54) is 42.4 Å². The Labute approximate surface area is 253 Å². The minimum absolute atomic E-state index is 0.0626. The van der Waals surface area contributed by atoms with E-state index in [9.17, 15) is 0 Å². The monoisotopic (exact) mass is 570 g/mol. The molecule has 9 rings (SSSR count). The highest BCUT2D eigenvalue weighted by Gasteiger charge is 2.39. The molecule has 0 unspecified atom stereocenters. The van der Waals surface area contributed by atoms with Crippen LogP contribution in [-0.4, -0.2) is 19.5 Å². The predicted octanol–water partition coefficient (Wildman–Crippen LogP) is 9.82. The van der Waals surface area contributed by atoms with E-state index in [1.54, 1.807) is 0 Å². The molecule has 0 N–H and O–H groups in total. The molecular formula is C38H26N4S. The maximum absolute atomic E-state index is 5.15. The summed E-state index contributed by atoms with van der Waals surface area (Å²) < 4.78 is 3.53. The zero-order valence-electron chi connectivity index (χ0n) is 23.7. The van der Waals surface area contributed by atoms with Crippen molar-refractivity contribution in [3.05, 3.63) is 132 Å². The average Bonchev–Trinajstić information content (AvgIpc) is 3.69. The summed E-state index contributed by atoms with van der Waals surface area (Å²) in [5.74, 6) is 1.94. The molecule has 0 aliphatic heterocycles. The van der Waals surface area contributed by atoms with Gasteiger partial charge in [0.2, 0.25) is 5.95 Å². The van der Waals surface area contributed by atoms with E-state index in [0.29, 0.717) is 17.6 Å². The number of aromatic nitrogens is 4. The van der Waals surface area contributed by atoms with Crippen LogP contribution in [0, 0.1) is 0 Å². The number of benzene rings is 5. The van der Waals surface area contributed by atoms with Gasteiger partial charge in [0.15, 0.2) is 11.6 Å². The van der Waals surface area contributed by atoms with Crippen LogP contribution in [-0.2, 0) is 5.41 Å². The number of fused-ring (bicyclic) bond motifs is 9. The van der Waals surface area contributed by atoms with Gasteiger partial charge in [-0.3, -0.25) is 4.57 Å². The molecular weight excluding hydrogens is 545 g/mol. The summed E-state index contributed by atoms with van der Waals surface area (Å²) in [6.07, 6.45) is 0. The van der Waals surface area contributed by atoms with Crippen molar-refractivity contribution in [1.82, 2.24) is 19.5 Å². The number of hydrogen-bond acceptors (Lipinski definition) is 4. The molecule has 3 aromatic heterocycles. The molecule has 1 aliphatic carbocycles. The Morgan fingerprint density at radius 2 is 1.19 bits per heavy atom. The standard InChI is InChI=1S/C38H26N4S/c1-38(2)29-19-11-9-18-27(29)31-28-22-21-26-25-17-10-12-20-30(25)42(32(26)33(28)43-34(31)38)37-40-35(23-13-5-3-6-14-23)39-36(41-37)24-15-7-4-8-16-24/h3-22H,1-2H3. The van der Waals surface area contributed by atoms with Crippen molar-refractivity contribution in [3.8, 4) is 39.9 Å². The molecule has 0 amide bonds. The van der Waals surface area contributed by atoms with Gasteiger partial charge in [0.1, 0.15) is 0 Å². The molecule has 0 atom stereocenters. The van der Waals surface area contributed by atoms with Crippen LogP contribution in [0.2, 0.25) is 0 Å². The third-order valence-corrected chi connectivity index (χ3v) is 10.4. The zero-order chi connectivity index (χ0) is 28.7. The van der Waals surface area contributed by atoms with Crippen LogP contribution < -0.4 is 0 Å². The second kappa shape index (κ2) is 8.93. The van der Waals surface area contributed by atoms with E-state index in [-0.39, 0.29) is 5.41 Å². The Bertz CT molecular complexity index is 2310. The first-order chi connectivity index (χ1) is 21.1. The summed E-state index contributed by atoms with van der Waals surface area (Å²) in [7, 11) is 0. The van der Waals surface area contributed by atoms with Crippen LogP contribution in [0.4, 0.5) is 0 Å². The molecule has 0 saturated heterocycles. The highest BCUT2D eigenvalue weighted by atomic mass is 32.1. The summed E-state index contributed by atoms with van der Waals surface area (Å²) in [5.41, 5.74) is 8.20. The van der Waals surface area contributed by atoms with E-state index >= 15 is 0 Å². The molecule has 5 aromatic carbocycles. The minimum Gasteiger partial charge on any atom is -0.276 e. The topological polar surface area (TPSA) is 43.6 Å². The number of hydrogen-bond donors (Lipinski definition) is 0. The van der Waals surface area contributed by atoms with Crippen molar-refractivity contribution in [1.29, 1.82) is 0 Å². The summed E-state index contributed by atoms with van der Waals surface area (Å²) in [5, 5.41) is 3.68. The summed E-state index contributed by atoms with van der Waals surface area (Å²) in [4.78, 5) is 16.7. The van der Waals surface area contributed by atoms with Gasteiger partial charge in [-0.15, -0.1) is 11.3 Å². The van der Waals surface area contributed by atoms with Crippen LogP contribution in [0.3, 0.4) is 0 Å². The molecule has 3 heterocycles. The molecule has 0 fully saturated rings. The van der Waals surface area contributed by atoms with E-state index in [1.807, 2.05) is 47.7 Å². The van der Waals surface area contributed by atoms with Crippen LogP contribution in [0.5, 0.6) is 0 Å². The Morgan fingerprint density at radius 1 is 0.581 bits per heavy atom. The smallest absolute Gasteiger partial charge is 0.238 e. The highest BCUT2D eigenvalue weighted by molar-refractivity contribution is 7.21. The first kappa shape index (κ1) is 24.5. The minimum atomic E-state index is -0.0626. The molecule has 0 spiro atoms. The Morgan fingerprint density at radius 3 is 1.91 bits per heavy atom. The Balaban J connectivity index is 1.41. The van der Waals surface area contributed by atoms with Gasteiger partial charge < -0.3 is 0 Å². The Kier molecular flexibility index (Phi) is 5.08. The number of nitrogens with zero attached hydrogens (tertiary/aromatic N) is 4. The van der Waals surface area contributed by atoms with Gasteiger partial charge >= 0.3 is 0 Å². The van der Waals surface area contributed by atoms with Crippen molar-refractivity contribution < 1.29 is 0 Å². The van der Waals surface area contributed by atoms with Gasteiger partial charge in [-0.25, -0.2) is 4.98 Å². The van der Waals surface area contributed by atoms with Crippen molar-refractivity contribution in [3.63, 3.8) is 0 Å². The first-order valence-corrected chi connectivity index (χ1v) is 15.4. The van der Waals surface area contributed by atoms with Gasteiger partial charge in [0.05, 0.1) is 15.7 Å². The van der Waals surface area contributed by atoms with Gasteiger partial charge in [0.25, 0.3) is 0 Å². The molecule has 4 nitrogen and oxygen atoms in total. The molecule has 5 heteroatoms. The number of thiophene rings is 1. The van der Waals surface area contributed by atoms with E-state index in [4.69, 9.17) is 15.0 Å². The van der Waals surface area contributed by atoms with Gasteiger partial charge in [-0.1, -0.05) is 129 Å². The third kappa shape index (κ3) is 3.46. The quantitative estimate of drug-likeness (QED) is 0.212. The van der Waals surface area contributed by atoms with Crippen LogP contribution in [0.25, 0.3) is 71.7 Å². The van der Waals surface area contributed by atoms with Gasteiger partial charge in [-0.2, -0.15) is 9.97 Å². The zero-order valence-corrected chi connectivity index (χ0v) is 24.6. The lowest BCUT2D eigenvalue weighted by Crippen LogP contribution is -2.13. The van der Waals surface area contributed by atoms with Gasteiger partial charge in [-0.05, 0) is 17.2 Å². The average molecular weight is 571 g/mol. The fourth-order valence-electron chi connectivity index (χ4n) is 6.78. The fraction of sp³-hybridized carbons (Fsp3) is 0.0789. The van der Waals surface area contributed by atoms with Crippen LogP contribution >= 0.6 is 11.3 Å². The maximum Gasteiger partial charge on any atom is 0.238 e. The third-order valence-electron chi connectivity index (χ3n) is 8.82. The number of para-hydroxylation sites is 1. The fourth-order valence-corrected chi connectivity index (χ4v) is 8.25. The van der Waals surface area contributed by atoms with Crippen molar-refractivity contribution in [2.45, 2.75) is 19.3 Å². The summed E-state index contributed by atoms with van der Waals surface area (Å²) >= 11 is 1.91. The summed E-state index contributed by atoms with van der Waals surface area (Å²) in [6, 6.07) is 42.4. The van der Waals surface area contributed by atoms with Crippen molar-refractivity contribution in [2.24, 2.45) is 0 Å². The molecule has 204 valence electrons. The molecule has 0 saturated carbocycles. The lowest BCUT2D eigenvalue weighted by molar-refractivity contribution is 0.674. The van der Waals surface area contributed by atoms with E-state index in [0.717, 1.165) is 22.2 Å². The normalized spacial score (nSPS) is 13.5. The Hall–Kier alpha value is -5.13. The van der Waals surface area contributed by atoms with Crippen molar-refractivity contribution >= 4 is 43.2 Å². The van der Waals surface area contributed by atoms with E-state index < -0.39 is 0 Å². The second-order valence-corrected chi connectivity index (χ2v) is 12.7. The SMILES string of the molecule is CC1(C)c2ccccc2-c2c1sc1c2ccc2c3ccccc3n(-c3nc(-c4ccccc4)nc(-c4ccccc4)n3)c21. The molecule has 43 heavy (non-hydrogen) atoms. The second-order valence-electron chi connectivity index (χ2n) is 11.7. The molecule has 0 radical (unpaired) electrons. The maximum atomic E-state index is 5.15. The van der Waals surface area contributed by atoms with Gasteiger partial charge in [0, 0.05) is 43.1 Å². The molecule has 8 aromatic rings. The van der Waals surface area contributed by atoms with Crippen LogP contribution in [0.15, 0.2) is 121 Å². The first-order valence-electron chi connectivity index (χ1n) is 14.6. The van der Waals surface area contributed by atoms with E-state index in [2.05, 4.69) is 103 Å². The van der Waals surface area contributed by atoms with Crippen molar-refractivity contribution in [2.75, 3.05) is 0 Å². The predicted molar refractivity (Wildman–Crippen MR) is 178 cm³/mol. The lowest BCUT2D eigenvalue weighted by Gasteiger charge is -2.19. The summed E-state index contributed by atoms with van der Waals surface area (Å²) in [6.45, 7) is 4.70. The molecule has 1 aliphatic rings. The van der Waals surface area contributed by atoms with Crippen LogP contribution in [0.1, 0.15) is 24.3 Å². The lowest BCUT2D eigenvalue weighted by atomic mass is 9.87. The molecule has 0 bridgehead atoms. The number of rotatable bonds is 3. The largest absolute Gasteiger partial charge is 0.276 e.